The zero-order valence-corrected chi connectivity index (χ0v) is 18.6. The van der Waals surface area contributed by atoms with Crippen molar-refractivity contribution >= 4 is 17.6 Å². The molecule has 0 fully saturated rings. The first-order chi connectivity index (χ1) is 15.3. The van der Waals surface area contributed by atoms with E-state index >= 15 is 0 Å². The summed E-state index contributed by atoms with van der Waals surface area (Å²) < 4.78 is 13.9. The molecule has 1 unspecified atom stereocenters. The molecule has 0 aliphatic carbocycles. The molecule has 8 heteroatoms. The highest BCUT2D eigenvalue weighted by Crippen LogP contribution is 2.17. The van der Waals surface area contributed by atoms with Crippen LogP contribution in [0.1, 0.15) is 24.6 Å². The number of hydrogen-bond acceptors (Lipinski definition) is 5. The smallest absolute Gasteiger partial charge is 0.310 e. The van der Waals surface area contributed by atoms with E-state index in [9.17, 15) is 14.4 Å². The molecule has 1 atom stereocenters. The Morgan fingerprint density at radius 2 is 1.69 bits per heavy atom. The van der Waals surface area contributed by atoms with Crippen LogP contribution in [0.3, 0.4) is 0 Å². The van der Waals surface area contributed by atoms with Crippen LogP contribution in [0.2, 0.25) is 0 Å². The molecular formula is C24H27N3O5. The summed E-state index contributed by atoms with van der Waals surface area (Å²) in [6, 6.07) is 16.6. The van der Waals surface area contributed by atoms with Gasteiger partial charge >= 0.3 is 5.97 Å². The Morgan fingerprint density at radius 1 is 1.03 bits per heavy atom. The number of nitrogens with one attached hydrogen (secondary N) is 1. The molecule has 1 aromatic heterocycles. The second-order valence-electron chi connectivity index (χ2n) is 7.42. The van der Waals surface area contributed by atoms with Crippen LogP contribution in [-0.4, -0.2) is 34.0 Å². The number of aromatic nitrogens is 2. The second-order valence-corrected chi connectivity index (χ2v) is 7.42. The number of ether oxygens (including phenoxy) is 2. The van der Waals surface area contributed by atoms with Crippen LogP contribution < -0.4 is 15.6 Å². The molecule has 0 saturated carbocycles. The molecule has 1 heterocycles. The van der Waals surface area contributed by atoms with Gasteiger partial charge in [-0.15, -0.1) is 0 Å². The highest BCUT2D eigenvalue weighted by molar-refractivity contribution is 5.95. The van der Waals surface area contributed by atoms with Gasteiger partial charge in [0.05, 0.1) is 24.4 Å². The third kappa shape index (κ3) is 5.08. The Bertz CT molecular complexity index is 1160. The van der Waals surface area contributed by atoms with Crippen molar-refractivity contribution in [2.75, 3.05) is 11.9 Å². The van der Waals surface area contributed by atoms with Crippen molar-refractivity contribution in [1.29, 1.82) is 0 Å². The summed E-state index contributed by atoms with van der Waals surface area (Å²) in [7, 11) is 1.73. The van der Waals surface area contributed by atoms with Gasteiger partial charge in [-0.05, 0) is 44.5 Å². The fourth-order valence-corrected chi connectivity index (χ4v) is 3.21. The van der Waals surface area contributed by atoms with Crippen molar-refractivity contribution in [1.82, 2.24) is 9.36 Å². The molecule has 0 saturated heterocycles. The van der Waals surface area contributed by atoms with E-state index in [-0.39, 0.29) is 24.3 Å². The number of carbonyl (C=O) groups excluding carboxylic acids is 2. The first-order valence-corrected chi connectivity index (χ1v) is 10.3. The standard InChI is InChI=1S/C24H27N3O5/c1-16-10-8-9-13-20(16)31-15-14-21(28)32-18(3)23(29)25-22-17(2)26(4)27(24(22)30)19-11-6-5-7-12-19/h5-13,18H,14-15H2,1-4H3,(H,25,29). The minimum Gasteiger partial charge on any atom is -0.493 e. The molecule has 0 bridgehead atoms. The van der Waals surface area contributed by atoms with E-state index in [0.717, 1.165) is 5.56 Å². The number of carbonyl (C=O) groups is 2. The molecule has 1 amide bonds. The normalized spacial score (nSPS) is 11.6. The Balaban J connectivity index is 1.59. The summed E-state index contributed by atoms with van der Waals surface area (Å²) in [5, 5.41) is 2.60. The van der Waals surface area contributed by atoms with Crippen molar-refractivity contribution in [3.8, 4) is 11.4 Å². The molecule has 0 spiro atoms. The molecular weight excluding hydrogens is 410 g/mol. The number of amides is 1. The Labute approximate surface area is 186 Å². The molecule has 1 N–H and O–H groups in total. The minimum atomic E-state index is -1.06. The van der Waals surface area contributed by atoms with Gasteiger partial charge < -0.3 is 14.8 Å². The first kappa shape index (κ1) is 22.9. The summed E-state index contributed by atoms with van der Waals surface area (Å²) in [6.07, 6.45) is -1.07. The zero-order valence-electron chi connectivity index (χ0n) is 18.6. The fraction of sp³-hybridized carbons (Fsp3) is 0.292. The monoisotopic (exact) mass is 437 g/mol. The first-order valence-electron chi connectivity index (χ1n) is 10.3. The maximum Gasteiger partial charge on any atom is 0.310 e. The van der Waals surface area contributed by atoms with E-state index in [1.807, 2.05) is 49.4 Å². The summed E-state index contributed by atoms with van der Waals surface area (Å²) >= 11 is 0. The van der Waals surface area contributed by atoms with Crippen LogP contribution >= 0.6 is 0 Å². The topological polar surface area (TPSA) is 91.6 Å². The lowest BCUT2D eigenvalue weighted by Crippen LogP contribution is -2.32. The summed E-state index contributed by atoms with van der Waals surface area (Å²) in [5.41, 5.74) is 2.00. The molecule has 0 aliphatic rings. The number of anilines is 1. The number of nitrogens with zero attached hydrogens (tertiary/aromatic N) is 2. The van der Waals surface area contributed by atoms with Crippen molar-refractivity contribution < 1.29 is 19.1 Å². The van der Waals surface area contributed by atoms with Crippen molar-refractivity contribution in [3.63, 3.8) is 0 Å². The lowest BCUT2D eigenvalue weighted by Gasteiger charge is -2.13. The van der Waals surface area contributed by atoms with Crippen molar-refractivity contribution in [2.24, 2.45) is 7.05 Å². The number of aryl methyl sites for hydroxylation is 1. The van der Waals surface area contributed by atoms with Gasteiger partial charge in [-0.2, -0.15) is 0 Å². The number of esters is 1. The maximum atomic E-state index is 12.9. The maximum absolute atomic E-state index is 12.9. The van der Waals surface area contributed by atoms with Crippen LogP contribution in [0, 0.1) is 13.8 Å². The molecule has 168 valence electrons. The van der Waals surface area contributed by atoms with E-state index in [1.54, 1.807) is 30.8 Å². The van der Waals surface area contributed by atoms with Gasteiger partial charge in [0.2, 0.25) is 0 Å². The summed E-state index contributed by atoms with van der Waals surface area (Å²) in [6.45, 7) is 5.24. The molecule has 2 aromatic carbocycles. The SMILES string of the molecule is Cc1ccccc1OCCC(=O)OC(C)C(=O)Nc1c(C)n(C)n(-c2ccccc2)c1=O. The summed E-state index contributed by atoms with van der Waals surface area (Å²) in [4.78, 5) is 37.6. The third-order valence-electron chi connectivity index (χ3n) is 5.14. The molecule has 0 aliphatic heterocycles. The highest BCUT2D eigenvalue weighted by Gasteiger charge is 2.23. The quantitative estimate of drug-likeness (QED) is 0.547. The van der Waals surface area contributed by atoms with E-state index in [2.05, 4.69) is 5.32 Å². The number of para-hydroxylation sites is 2. The number of rotatable bonds is 8. The number of hydrogen-bond donors (Lipinski definition) is 1. The average molecular weight is 437 g/mol. The highest BCUT2D eigenvalue weighted by atomic mass is 16.5. The molecule has 32 heavy (non-hydrogen) atoms. The molecule has 3 rings (SSSR count). The second kappa shape index (κ2) is 10.00. The van der Waals surface area contributed by atoms with Crippen LogP contribution in [0.25, 0.3) is 5.69 Å². The Morgan fingerprint density at radius 3 is 2.38 bits per heavy atom. The molecule has 0 radical (unpaired) electrons. The van der Waals surface area contributed by atoms with E-state index in [4.69, 9.17) is 9.47 Å². The zero-order chi connectivity index (χ0) is 23.3. The van der Waals surface area contributed by atoms with Gasteiger partial charge in [0.15, 0.2) is 6.10 Å². The predicted octanol–water partition coefficient (Wildman–Crippen LogP) is 3.13. The largest absolute Gasteiger partial charge is 0.493 e. The van der Waals surface area contributed by atoms with Gasteiger partial charge in [-0.1, -0.05) is 36.4 Å². The lowest BCUT2D eigenvalue weighted by molar-refractivity contribution is -0.153. The van der Waals surface area contributed by atoms with Gasteiger partial charge in [0, 0.05) is 7.05 Å². The van der Waals surface area contributed by atoms with Crippen LogP contribution in [0.15, 0.2) is 59.4 Å². The summed E-state index contributed by atoms with van der Waals surface area (Å²) in [5.74, 6) is -0.447. The van der Waals surface area contributed by atoms with E-state index in [1.165, 1.54) is 11.6 Å². The van der Waals surface area contributed by atoms with Crippen LogP contribution in [0.4, 0.5) is 5.69 Å². The van der Waals surface area contributed by atoms with Crippen molar-refractivity contribution in [3.05, 3.63) is 76.2 Å². The van der Waals surface area contributed by atoms with Crippen LogP contribution in [-0.2, 0) is 21.4 Å². The van der Waals surface area contributed by atoms with Gasteiger partial charge in [0.25, 0.3) is 11.5 Å². The average Bonchev–Trinajstić information content (AvgIpc) is 2.98. The van der Waals surface area contributed by atoms with Gasteiger partial charge in [-0.3, -0.25) is 19.1 Å². The number of benzene rings is 2. The minimum absolute atomic E-state index is 0.00285. The molecule has 8 nitrogen and oxygen atoms in total. The van der Waals surface area contributed by atoms with E-state index < -0.39 is 18.0 Å². The third-order valence-corrected chi connectivity index (χ3v) is 5.14. The van der Waals surface area contributed by atoms with Crippen LogP contribution in [0.5, 0.6) is 5.75 Å². The predicted molar refractivity (Wildman–Crippen MR) is 121 cm³/mol. The Hall–Kier alpha value is -3.81. The molecule has 3 aromatic rings. The van der Waals surface area contributed by atoms with Gasteiger partial charge in [0.1, 0.15) is 11.4 Å². The van der Waals surface area contributed by atoms with E-state index in [0.29, 0.717) is 17.1 Å². The van der Waals surface area contributed by atoms with Crippen molar-refractivity contribution in [2.45, 2.75) is 33.3 Å². The van der Waals surface area contributed by atoms with Gasteiger partial charge in [-0.25, -0.2) is 4.68 Å². The lowest BCUT2D eigenvalue weighted by atomic mass is 10.2. The Kier molecular flexibility index (Phi) is 7.14. The fourth-order valence-electron chi connectivity index (χ4n) is 3.21.